The molecule has 1 aromatic carbocycles. The zero-order valence-electron chi connectivity index (χ0n) is 17.2. The van der Waals surface area contributed by atoms with Crippen molar-refractivity contribution in [2.24, 2.45) is 5.92 Å². The third-order valence-electron chi connectivity index (χ3n) is 6.23. The second-order valence-electron chi connectivity index (χ2n) is 8.32. The second kappa shape index (κ2) is 7.89. The number of hydrogen-bond donors (Lipinski definition) is 0. The van der Waals surface area contributed by atoms with Gasteiger partial charge in [-0.1, -0.05) is 31.2 Å². The van der Waals surface area contributed by atoms with E-state index >= 15 is 0 Å². The van der Waals surface area contributed by atoms with Gasteiger partial charge in [-0.2, -0.15) is 0 Å². The molecule has 0 atom stereocenters. The third-order valence-corrected chi connectivity index (χ3v) is 6.23. The summed E-state index contributed by atoms with van der Waals surface area (Å²) < 4.78 is 1.81. The van der Waals surface area contributed by atoms with Crippen molar-refractivity contribution < 1.29 is 4.79 Å². The van der Waals surface area contributed by atoms with E-state index in [1.807, 2.05) is 21.6 Å². The Morgan fingerprint density at radius 1 is 1.00 bits per heavy atom. The largest absolute Gasteiger partial charge is 0.356 e. The molecule has 3 aromatic rings. The number of rotatable bonds is 3. The minimum Gasteiger partial charge on any atom is -0.356 e. The first kappa shape index (κ1) is 18.8. The maximum atomic E-state index is 13.0. The lowest BCUT2D eigenvalue weighted by molar-refractivity contribution is 0.0729. The fourth-order valence-electron chi connectivity index (χ4n) is 4.28. The molecule has 0 N–H and O–H groups in total. The van der Waals surface area contributed by atoms with Gasteiger partial charge in [0.2, 0.25) is 0 Å². The van der Waals surface area contributed by atoms with Crippen molar-refractivity contribution >= 4 is 11.7 Å². The Balaban J connectivity index is 1.32. The van der Waals surface area contributed by atoms with E-state index in [-0.39, 0.29) is 5.91 Å². The first-order valence-electron chi connectivity index (χ1n) is 10.6. The van der Waals surface area contributed by atoms with Gasteiger partial charge in [-0.05, 0) is 36.3 Å². The van der Waals surface area contributed by atoms with Crippen LogP contribution in [0.1, 0.15) is 41.4 Å². The van der Waals surface area contributed by atoms with Crippen LogP contribution < -0.4 is 4.90 Å². The quantitative estimate of drug-likeness (QED) is 0.673. The standard InChI is InChI=1S/C23H26N6O/c1-17-6-9-27(10-7-17)21-12-22(25-15-24-21)29-14-20(26-16-29)23(30)28-11-8-18-4-2-3-5-19(18)13-28/h2-5,12,14-17H,6-11,13H2,1H3. The Morgan fingerprint density at radius 3 is 2.60 bits per heavy atom. The Labute approximate surface area is 176 Å². The molecule has 0 bridgehead atoms. The highest BCUT2D eigenvalue weighted by atomic mass is 16.2. The molecular weight excluding hydrogens is 376 g/mol. The number of fused-ring (bicyclic) bond motifs is 1. The van der Waals surface area contributed by atoms with Gasteiger partial charge in [0.15, 0.2) is 0 Å². The van der Waals surface area contributed by atoms with E-state index in [1.165, 1.54) is 24.0 Å². The van der Waals surface area contributed by atoms with E-state index in [2.05, 4.69) is 45.0 Å². The second-order valence-corrected chi connectivity index (χ2v) is 8.32. The van der Waals surface area contributed by atoms with Gasteiger partial charge in [-0.25, -0.2) is 15.0 Å². The summed E-state index contributed by atoms with van der Waals surface area (Å²) in [5.41, 5.74) is 2.99. The number of carbonyl (C=O) groups excluding carboxylic acids is 1. The van der Waals surface area contributed by atoms with Crippen molar-refractivity contribution in [3.05, 3.63) is 66.0 Å². The summed E-state index contributed by atoms with van der Waals surface area (Å²) >= 11 is 0. The lowest BCUT2D eigenvalue weighted by Gasteiger charge is -2.31. The summed E-state index contributed by atoms with van der Waals surface area (Å²) in [5.74, 6) is 2.39. The van der Waals surface area contributed by atoms with Crippen LogP contribution in [-0.4, -0.2) is 50.0 Å². The number of nitrogens with zero attached hydrogens (tertiary/aromatic N) is 6. The Bertz CT molecular complexity index is 1050. The van der Waals surface area contributed by atoms with E-state index in [0.717, 1.165) is 37.1 Å². The van der Waals surface area contributed by atoms with Crippen molar-refractivity contribution in [2.75, 3.05) is 24.5 Å². The predicted molar refractivity (Wildman–Crippen MR) is 115 cm³/mol. The lowest BCUT2D eigenvalue weighted by Crippen LogP contribution is -2.36. The monoisotopic (exact) mass is 402 g/mol. The number of hydrogen-bond acceptors (Lipinski definition) is 5. The summed E-state index contributed by atoms with van der Waals surface area (Å²) in [4.78, 5) is 30.4. The zero-order valence-corrected chi connectivity index (χ0v) is 17.2. The molecule has 1 fully saturated rings. The van der Waals surface area contributed by atoms with E-state index in [4.69, 9.17) is 0 Å². The molecular formula is C23H26N6O. The van der Waals surface area contributed by atoms with Gasteiger partial charge < -0.3 is 9.80 Å². The van der Waals surface area contributed by atoms with E-state index < -0.39 is 0 Å². The molecule has 0 radical (unpaired) electrons. The van der Waals surface area contributed by atoms with Gasteiger partial charge in [0.1, 0.15) is 30.0 Å². The average molecular weight is 403 g/mol. The highest BCUT2D eigenvalue weighted by Gasteiger charge is 2.23. The van der Waals surface area contributed by atoms with Crippen LogP contribution in [0.2, 0.25) is 0 Å². The molecule has 154 valence electrons. The summed E-state index contributed by atoms with van der Waals surface area (Å²) in [6.45, 7) is 5.68. The minimum absolute atomic E-state index is 0.0393. The van der Waals surface area contributed by atoms with Crippen LogP contribution in [0, 0.1) is 5.92 Å². The van der Waals surface area contributed by atoms with Crippen LogP contribution >= 0.6 is 0 Å². The molecule has 0 saturated carbocycles. The molecule has 2 aromatic heterocycles. The first-order valence-corrected chi connectivity index (χ1v) is 10.6. The molecule has 0 unspecified atom stereocenters. The SMILES string of the molecule is CC1CCN(c2cc(-n3cnc(C(=O)N4CCc5ccccc5C4)c3)ncn2)CC1. The highest BCUT2D eigenvalue weighted by molar-refractivity contribution is 5.92. The molecule has 1 amide bonds. The molecule has 7 nitrogen and oxygen atoms in total. The fraction of sp³-hybridized carbons (Fsp3) is 0.391. The number of aromatic nitrogens is 4. The normalized spacial score (nSPS) is 17.1. The molecule has 30 heavy (non-hydrogen) atoms. The maximum Gasteiger partial charge on any atom is 0.274 e. The van der Waals surface area contributed by atoms with Crippen LogP contribution in [0.25, 0.3) is 5.82 Å². The van der Waals surface area contributed by atoms with Crippen LogP contribution in [0.4, 0.5) is 5.82 Å². The number of imidazole rings is 1. The molecule has 4 heterocycles. The Morgan fingerprint density at radius 2 is 1.77 bits per heavy atom. The number of amides is 1. The van der Waals surface area contributed by atoms with Gasteiger partial charge in [-0.15, -0.1) is 0 Å². The Hall–Kier alpha value is -3.22. The molecule has 2 aliphatic rings. The highest BCUT2D eigenvalue weighted by Crippen LogP contribution is 2.23. The summed E-state index contributed by atoms with van der Waals surface area (Å²) in [7, 11) is 0. The fourth-order valence-corrected chi connectivity index (χ4v) is 4.28. The molecule has 5 rings (SSSR count). The first-order chi connectivity index (χ1) is 14.7. The van der Waals surface area contributed by atoms with Crippen molar-refractivity contribution in [1.82, 2.24) is 24.4 Å². The molecule has 7 heteroatoms. The topological polar surface area (TPSA) is 67.2 Å². The van der Waals surface area contributed by atoms with E-state index in [9.17, 15) is 4.79 Å². The van der Waals surface area contributed by atoms with Gasteiger partial charge in [-0.3, -0.25) is 9.36 Å². The van der Waals surface area contributed by atoms with Crippen LogP contribution in [0.3, 0.4) is 0 Å². The maximum absolute atomic E-state index is 13.0. The molecule has 0 aliphatic carbocycles. The van der Waals surface area contributed by atoms with Crippen molar-refractivity contribution in [3.63, 3.8) is 0 Å². The molecule has 2 aliphatic heterocycles. The van der Waals surface area contributed by atoms with Gasteiger partial charge in [0, 0.05) is 38.4 Å². The van der Waals surface area contributed by atoms with E-state index in [0.29, 0.717) is 18.8 Å². The van der Waals surface area contributed by atoms with E-state index in [1.54, 1.807) is 18.9 Å². The van der Waals surface area contributed by atoms with Crippen molar-refractivity contribution in [2.45, 2.75) is 32.7 Å². The molecule has 0 spiro atoms. The summed E-state index contributed by atoms with van der Waals surface area (Å²) in [5, 5.41) is 0. The zero-order chi connectivity index (χ0) is 20.5. The number of benzene rings is 1. The Kier molecular flexibility index (Phi) is 4.94. The summed E-state index contributed by atoms with van der Waals surface area (Å²) in [6.07, 6.45) is 8.27. The molecule has 1 saturated heterocycles. The smallest absolute Gasteiger partial charge is 0.274 e. The number of piperidine rings is 1. The number of carbonyl (C=O) groups is 1. The van der Waals surface area contributed by atoms with Crippen LogP contribution in [-0.2, 0) is 13.0 Å². The van der Waals surface area contributed by atoms with Gasteiger partial charge in [0.25, 0.3) is 5.91 Å². The van der Waals surface area contributed by atoms with Crippen LogP contribution in [0.5, 0.6) is 0 Å². The van der Waals surface area contributed by atoms with Crippen molar-refractivity contribution in [3.8, 4) is 5.82 Å². The summed E-state index contributed by atoms with van der Waals surface area (Å²) in [6, 6.07) is 10.3. The predicted octanol–water partition coefficient (Wildman–Crippen LogP) is 3.10. The minimum atomic E-state index is -0.0393. The van der Waals surface area contributed by atoms with Crippen LogP contribution in [0.15, 0.2) is 49.2 Å². The lowest BCUT2D eigenvalue weighted by atomic mass is 9.99. The van der Waals surface area contributed by atoms with Crippen molar-refractivity contribution in [1.29, 1.82) is 0 Å². The average Bonchev–Trinajstić information content (AvgIpc) is 3.29. The third kappa shape index (κ3) is 3.67. The van der Waals surface area contributed by atoms with Gasteiger partial charge >= 0.3 is 0 Å². The van der Waals surface area contributed by atoms with Gasteiger partial charge in [0.05, 0.1) is 0 Å². The number of anilines is 1.